The molecular formula is C20H23N3O3. The summed E-state index contributed by atoms with van der Waals surface area (Å²) in [7, 11) is 2.05. The van der Waals surface area contributed by atoms with Crippen LogP contribution in [0.1, 0.15) is 17.1 Å². The minimum absolute atomic E-state index is 0.0846. The highest BCUT2D eigenvalue weighted by molar-refractivity contribution is 5.21. The molecule has 1 saturated heterocycles. The standard InChI is InChI=1S/C20H23N3O3/c1-23-9-5-6-17(23)12-21-20(14-24-15-20)11-16-10-19(26-22-16)13-25-18-7-3-2-4-8-18/h2-10,21H,11-15H2,1H3. The lowest BCUT2D eigenvalue weighted by Crippen LogP contribution is -2.61. The van der Waals surface area contributed by atoms with Crippen molar-refractivity contribution in [1.82, 2.24) is 15.0 Å². The Kier molecular flexibility index (Phi) is 4.77. The molecule has 136 valence electrons. The summed E-state index contributed by atoms with van der Waals surface area (Å²) < 4.78 is 18.7. The fourth-order valence-corrected chi connectivity index (χ4v) is 3.10. The molecule has 6 heteroatoms. The minimum atomic E-state index is -0.0846. The largest absolute Gasteiger partial charge is 0.486 e. The van der Waals surface area contributed by atoms with Crippen LogP contribution in [0.2, 0.25) is 0 Å². The van der Waals surface area contributed by atoms with Crippen molar-refractivity contribution in [2.24, 2.45) is 7.05 Å². The van der Waals surface area contributed by atoms with Gasteiger partial charge in [0.2, 0.25) is 0 Å². The van der Waals surface area contributed by atoms with Crippen LogP contribution >= 0.6 is 0 Å². The normalized spacial score (nSPS) is 15.6. The van der Waals surface area contributed by atoms with Gasteiger partial charge in [0, 0.05) is 38.0 Å². The van der Waals surface area contributed by atoms with Crippen LogP contribution in [0.4, 0.5) is 0 Å². The van der Waals surface area contributed by atoms with Gasteiger partial charge >= 0.3 is 0 Å². The average Bonchev–Trinajstić information content (AvgIpc) is 3.25. The molecule has 1 aromatic carbocycles. The number of para-hydroxylation sites is 1. The molecule has 1 fully saturated rings. The molecular weight excluding hydrogens is 330 g/mol. The Hall–Kier alpha value is -2.57. The van der Waals surface area contributed by atoms with Gasteiger partial charge in [-0.3, -0.25) is 0 Å². The Balaban J connectivity index is 1.34. The van der Waals surface area contributed by atoms with E-state index < -0.39 is 0 Å². The zero-order valence-electron chi connectivity index (χ0n) is 14.9. The van der Waals surface area contributed by atoms with E-state index in [1.807, 2.05) is 36.4 Å². The van der Waals surface area contributed by atoms with Gasteiger partial charge in [-0.15, -0.1) is 0 Å². The third kappa shape index (κ3) is 3.81. The maximum atomic E-state index is 5.71. The molecule has 0 bridgehead atoms. The second-order valence-corrected chi connectivity index (χ2v) is 6.80. The Morgan fingerprint density at radius 2 is 2.04 bits per heavy atom. The van der Waals surface area contributed by atoms with Crippen molar-refractivity contribution < 1.29 is 14.0 Å². The fourth-order valence-electron chi connectivity index (χ4n) is 3.10. The summed E-state index contributed by atoms with van der Waals surface area (Å²) in [6.07, 6.45) is 2.82. The number of hydrogen-bond donors (Lipinski definition) is 1. The van der Waals surface area contributed by atoms with Gasteiger partial charge in [-0.05, 0) is 24.3 Å². The molecule has 0 aliphatic carbocycles. The number of nitrogens with zero attached hydrogens (tertiary/aromatic N) is 2. The van der Waals surface area contributed by atoms with Crippen molar-refractivity contribution in [3.05, 3.63) is 71.9 Å². The van der Waals surface area contributed by atoms with E-state index >= 15 is 0 Å². The summed E-state index contributed by atoms with van der Waals surface area (Å²) in [5, 5.41) is 7.83. The van der Waals surface area contributed by atoms with Crippen molar-refractivity contribution in [3.63, 3.8) is 0 Å². The Labute approximate surface area is 152 Å². The molecule has 0 amide bonds. The van der Waals surface area contributed by atoms with E-state index in [0.29, 0.717) is 19.8 Å². The number of rotatable bonds is 8. The number of hydrogen-bond acceptors (Lipinski definition) is 5. The lowest BCUT2D eigenvalue weighted by Gasteiger charge is -2.42. The van der Waals surface area contributed by atoms with Gasteiger partial charge in [-0.2, -0.15) is 0 Å². The number of aromatic nitrogens is 2. The minimum Gasteiger partial charge on any atom is -0.486 e. The third-order valence-corrected chi connectivity index (χ3v) is 4.70. The monoisotopic (exact) mass is 353 g/mol. The second-order valence-electron chi connectivity index (χ2n) is 6.80. The second kappa shape index (κ2) is 7.35. The molecule has 0 unspecified atom stereocenters. The maximum absolute atomic E-state index is 5.71. The first-order valence-corrected chi connectivity index (χ1v) is 8.78. The Morgan fingerprint density at radius 1 is 1.19 bits per heavy atom. The van der Waals surface area contributed by atoms with Crippen molar-refractivity contribution in [1.29, 1.82) is 0 Å². The zero-order chi connectivity index (χ0) is 17.8. The van der Waals surface area contributed by atoms with Crippen LogP contribution in [0.25, 0.3) is 0 Å². The number of ether oxygens (including phenoxy) is 2. The lowest BCUT2D eigenvalue weighted by molar-refractivity contribution is -0.0757. The topological polar surface area (TPSA) is 61.5 Å². The molecule has 4 rings (SSSR count). The number of aryl methyl sites for hydroxylation is 1. The molecule has 0 atom stereocenters. The molecule has 26 heavy (non-hydrogen) atoms. The predicted molar refractivity (Wildman–Crippen MR) is 96.8 cm³/mol. The molecule has 0 saturated carbocycles. The van der Waals surface area contributed by atoms with Crippen LogP contribution in [0.15, 0.2) is 59.3 Å². The highest BCUT2D eigenvalue weighted by atomic mass is 16.5. The first-order chi connectivity index (χ1) is 12.7. The Morgan fingerprint density at radius 3 is 2.73 bits per heavy atom. The average molecular weight is 353 g/mol. The van der Waals surface area contributed by atoms with Gasteiger partial charge in [-0.25, -0.2) is 0 Å². The van der Waals surface area contributed by atoms with Crippen molar-refractivity contribution in [2.75, 3.05) is 13.2 Å². The Bertz CT molecular complexity index is 837. The van der Waals surface area contributed by atoms with Crippen LogP contribution in [0.3, 0.4) is 0 Å². The molecule has 1 aliphatic heterocycles. The van der Waals surface area contributed by atoms with E-state index in [4.69, 9.17) is 14.0 Å². The first-order valence-electron chi connectivity index (χ1n) is 8.78. The molecule has 1 N–H and O–H groups in total. The van der Waals surface area contributed by atoms with Gasteiger partial charge in [0.25, 0.3) is 0 Å². The molecule has 3 aromatic rings. The molecule has 0 spiro atoms. The van der Waals surface area contributed by atoms with Gasteiger partial charge in [-0.1, -0.05) is 23.4 Å². The molecule has 0 radical (unpaired) electrons. The zero-order valence-corrected chi connectivity index (χ0v) is 14.9. The molecule has 1 aliphatic rings. The van der Waals surface area contributed by atoms with E-state index in [1.165, 1.54) is 5.69 Å². The summed E-state index contributed by atoms with van der Waals surface area (Å²) in [5.74, 6) is 1.54. The van der Waals surface area contributed by atoms with Gasteiger partial charge in [0.1, 0.15) is 12.4 Å². The fraction of sp³-hybridized carbons (Fsp3) is 0.350. The molecule has 6 nitrogen and oxygen atoms in total. The van der Waals surface area contributed by atoms with Gasteiger partial charge < -0.3 is 23.9 Å². The van der Waals surface area contributed by atoms with Gasteiger partial charge in [0.05, 0.1) is 24.4 Å². The summed E-state index contributed by atoms with van der Waals surface area (Å²) in [6, 6.07) is 15.8. The summed E-state index contributed by atoms with van der Waals surface area (Å²) in [6.45, 7) is 2.53. The lowest BCUT2D eigenvalue weighted by atomic mass is 9.91. The number of benzene rings is 1. The quantitative estimate of drug-likeness (QED) is 0.675. The summed E-state index contributed by atoms with van der Waals surface area (Å²) in [5.41, 5.74) is 2.08. The van der Waals surface area contributed by atoms with E-state index in [9.17, 15) is 0 Å². The smallest absolute Gasteiger partial charge is 0.174 e. The van der Waals surface area contributed by atoms with E-state index in [1.54, 1.807) is 0 Å². The number of nitrogens with one attached hydrogen (secondary N) is 1. The third-order valence-electron chi connectivity index (χ3n) is 4.70. The van der Waals surface area contributed by atoms with Gasteiger partial charge in [0.15, 0.2) is 5.76 Å². The summed E-state index contributed by atoms with van der Waals surface area (Å²) >= 11 is 0. The summed E-state index contributed by atoms with van der Waals surface area (Å²) in [4.78, 5) is 0. The van der Waals surface area contributed by atoms with E-state index in [2.05, 4.69) is 40.4 Å². The van der Waals surface area contributed by atoms with E-state index in [0.717, 1.165) is 30.2 Å². The van der Waals surface area contributed by atoms with Crippen molar-refractivity contribution >= 4 is 0 Å². The predicted octanol–water partition coefficient (Wildman–Crippen LogP) is 2.69. The maximum Gasteiger partial charge on any atom is 0.174 e. The van der Waals surface area contributed by atoms with Crippen LogP contribution in [-0.4, -0.2) is 28.5 Å². The van der Waals surface area contributed by atoms with Crippen molar-refractivity contribution in [2.45, 2.75) is 25.1 Å². The van der Waals surface area contributed by atoms with Crippen molar-refractivity contribution in [3.8, 4) is 5.75 Å². The van der Waals surface area contributed by atoms with Crippen LogP contribution in [-0.2, 0) is 31.4 Å². The first kappa shape index (κ1) is 16.9. The SMILES string of the molecule is Cn1cccc1CNC1(Cc2cc(COc3ccccc3)on2)COC1. The highest BCUT2D eigenvalue weighted by Gasteiger charge is 2.39. The molecule has 3 heterocycles. The van der Waals surface area contributed by atoms with Crippen LogP contribution in [0, 0.1) is 0 Å². The van der Waals surface area contributed by atoms with Crippen LogP contribution < -0.4 is 10.1 Å². The van der Waals surface area contributed by atoms with E-state index in [-0.39, 0.29) is 5.54 Å². The molecule has 2 aromatic heterocycles. The van der Waals surface area contributed by atoms with Crippen LogP contribution in [0.5, 0.6) is 5.75 Å². The highest BCUT2D eigenvalue weighted by Crippen LogP contribution is 2.23.